The van der Waals surface area contributed by atoms with Crippen LogP contribution in [-0.2, 0) is 0 Å². The number of carbonyl (C=O) groups is 1. The normalized spacial score (nSPS) is 11.1. The molecule has 0 unspecified atom stereocenters. The minimum absolute atomic E-state index is 0.0141. The third kappa shape index (κ3) is 6.62. The van der Waals surface area contributed by atoms with E-state index in [0.717, 1.165) is 11.3 Å². The van der Waals surface area contributed by atoms with Gasteiger partial charge in [0, 0.05) is 17.2 Å². The molecule has 0 saturated carbocycles. The first-order chi connectivity index (χ1) is 13.4. The molecule has 0 aliphatic rings. The zero-order valence-corrected chi connectivity index (χ0v) is 17.0. The van der Waals surface area contributed by atoms with Crippen molar-refractivity contribution in [2.75, 3.05) is 6.61 Å². The van der Waals surface area contributed by atoms with Crippen LogP contribution in [0.1, 0.15) is 43.6 Å². The Morgan fingerprint density at radius 1 is 0.964 bits per heavy atom. The summed E-state index contributed by atoms with van der Waals surface area (Å²) in [6.45, 7) is 11.9. The molecule has 4 nitrogen and oxygen atoms in total. The Hall–Kier alpha value is -3.01. The molecule has 28 heavy (non-hydrogen) atoms. The fraction of sp³-hybridized carbons (Fsp3) is 0.292. The lowest BCUT2D eigenvalue weighted by Gasteiger charge is -2.16. The Kier molecular flexibility index (Phi) is 7.88. The van der Waals surface area contributed by atoms with Crippen LogP contribution in [0.25, 0.3) is 6.08 Å². The van der Waals surface area contributed by atoms with Crippen molar-refractivity contribution in [3.63, 3.8) is 0 Å². The van der Waals surface area contributed by atoms with E-state index in [1.54, 1.807) is 42.5 Å². The lowest BCUT2D eigenvalue weighted by Crippen LogP contribution is -2.09. The van der Waals surface area contributed by atoms with Crippen LogP contribution in [0.15, 0.2) is 61.2 Å². The topological polar surface area (TPSA) is 44.8 Å². The van der Waals surface area contributed by atoms with Gasteiger partial charge in [-0.3, -0.25) is 4.79 Å². The molecule has 0 aromatic heterocycles. The summed E-state index contributed by atoms with van der Waals surface area (Å²) in [6, 6.07) is 12.7. The smallest absolute Gasteiger partial charge is 0.185 e. The molecule has 0 aliphatic carbocycles. The Labute approximate surface area is 167 Å². The van der Waals surface area contributed by atoms with Gasteiger partial charge in [-0.2, -0.15) is 0 Å². The second-order valence-corrected chi connectivity index (χ2v) is 6.85. The number of carbonyl (C=O) groups excluding carboxylic acids is 1. The molecule has 2 aromatic rings. The zero-order chi connectivity index (χ0) is 20.5. The lowest BCUT2D eigenvalue weighted by atomic mass is 10.1. The van der Waals surface area contributed by atoms with Gasteiger partial charge >= 0.3 is 0 Å². The molecule has 0 saturated heterocycles. The molecule has 4 heteroatoms. The van der Waals surface area contributed by atoms with E-state index in [9.17, 15) is 4.79 Å². The van der Waals surface area contributed by atoms with Crippen molar-refractivity contribution in [3.05, 3.63) is 72.3 Å². The molecule has 0 fully saturated rings. The zero-order valence-electron chi connectivity index (χ0n) is 17.0. The summed E-state index contributed by atoms with van der Waals surface area (Å²) in [7, 11) is 0. The van der Waals surface area contributed by atoms with Gasteiger partial charge in [0.2, 0.25) is 0 Å². The standard InChI is InChI=1S/C24H28O4/c1-6-15-26-21-11-7-19(8-12-21)23(25)14-10-20-9-13-22(27-17(2)3)16-24(20)28-18(4)5/h6-14,16-18H,1,15H2,2-5H3. The molecule has 0 spiro atoms. The minimum atomic E-state index is -0.0896. The summed E-state index contributed by atoms with van der Waals surface area (Å²) in [5.41, 5.74) is 1.41. The number of allylic oxidation sites excluding steroid dienone is 1. The summed E-state index contributed by atoms with van der Waals surface area (Å²) in [4.78, 5) is 12.5. The van der Waals surface area contributed by atoms with Gasteiger partial charge in [-0.05, 0) is 76.2 Å². The Bertz CT molecular complexity index is 817. The average Bonchev–Trinajstić information content (AvgIpc) is 2.65. The Balaban J connectivity index is 2.16. The summed E-state index contributed by atoms with van der Waals surface area (Å²) in [6.07, 6.45) is 5.08. The van der Waals surface area contributed by atoms with Gasteiger partial charge in [0.05, 0.1) is 12.2 Å². The van der Waals surface area contributed by atoms with E-state index < -0.39 is 0 Å². The average molecular weight is 380 g/mol. The minimum Gasteiger partial charge on any atom is -0.491 e. The molecule has 0 atom stereocenters. The SMILES string of the molecule is C=CCOc1ccc(C(=O)C=Cc2ccc(OC(C)C)cc2OC(C)C)cc1. The second kappa shape index (κ2) is 10.4. The van der Waals surface area contributed by atoms with E-state index in [1.807, 2.05) is 45.9 Å². The number of ketones is 1. The third-order valence-electron chi connectivity index (χ3n) is 3.64. The summed E-state index contributed by atoms with van der Waals surface area (Å²) >= 11 is 0. The first-order valence-electron chi connectivity index (χ1n) is 9.42. The van der Waals surface area contributed by atoms with Crippen LogP contribution in [0.2, 0.25) is 0 Å². The van der Waals surface area contributed by atoms with Gasteiger partial charge < -0.3 is 14.2 Å². The fourth-order valence-electron chi connectivity index (χ4n) is 2.49. The van der Waals surface area contributed by atoms with Crippen molar-refractivity contribution in [3.8, 4) is 17.2 Å². The number of benzene rings is 2. The van der Waals surface area contributed by atoms with Crippen molar-refractivity contribution in [1.29, 1.82) is 0 Å². The first kappa shape index (κ1) is 21.3. The number of hydrogen-bond acceptors (Lipinski definition) is 4. The van der Waals surface area contributed by atoms with E-state index in [-0.39, 0.29) is 18.0 Å². The van der Waals surface area contributed by atoms with Crippen LogP contribution in [0, 0.1) is 0 Å². The molecule has 148 valence electrons. The molecular formula is C24H28O4. The van der Waals surface area contributed by atoms with Gasteiger partial charge in [-0.25, -0.2) is 0 Å². The predicted molar refractivity (Wildman–Crippen MR) is 113 cm³/mol. The molecule has 0 amide bonds. The van der Waals surface area contributed by atoms with Crippen molar-refractivity contribution >= 4 is 11.9 Å². The largest absolute Gasteiger partial charge is 0.491 e. The molecule has 0 aliphatic heterocycles. The quantitative estimate of drug-likeness (QED) is 0.300. The third-order valence-corrected chi connectivity index (χ3v) is 3.64. The van der Waals surface area contributed by atoms with Gasteiger partial charge in [0.1, 0.15) is 23.9 Å². The highest BCUT2D eigenvalue weighted by molar-refractivity contribution is 6.07. The maximum Gasteiger partial charge on any atom is 0.185 e. The number of hydrogen-bond donors (Lipinski definition) is 0. The molecule has 0 radical (unpaired) electrons. The van der Waals surface area contributed by atoms with Gasteiger partial charge in [-0.15, -0.1) is 0 Å². The lowest BCUT2D eigenvalue weighted by molar-refractivity contribution is 0.104. The monoisotopic (exact) mass is 380 g/mol. The van der Waals surface area contributed by atoms with Crippen molar-refractivity contribution < 1.29 is 19.0 Å². The van der Waals surface area contributed by atoms with Gasteiger partial charge in [0.25, 0.3) is 0 Å². The Morgan fingerprint density at radius 3 is 2.21 bits per heavy atom. The van der Waals surface area contributed by atoms with Crippen LogP contribution in [0.5, 0.6) is 17.2 Å². The van der Waals surface area contributed by atoms with Crippen LogP contribution in [-0.4, -0.2) is 24.6 Å². The first-order valence-corrected chi connectivity index (χ1v) is 9.42. The van der Waals surface area contributed by atoms with E-state index in [4.69, 9.17) is 14.2 Å². The van der Waals surface area contributed by atoms with Gasteiger partial charge in [0.15, 0.2) is 5.78 Å². The summed E-state index contributed by atoms with van der Waals surface area (Å²) in [5.74, 6) is 2.04. The molecule has 2 aromatic carbocycles. The summed E-state index contributed by atoms with van der Waals surface area (Å²) in [5, 5.41) is 0. The van der Waals surface area contributed by atoms with E-state index in [1.165, 1.54) is 0 Å². The van der Waals surface area contributed by atoms with Crippen LogP contribution in [0.3, 0.4) is 0 Å². The molecular weight excluding hydrogens is 352 g/mol. The van der Waals surface area contributed by atoms with Crippen molar-refractivity contribution in [2.24, 2.45) is 0 Å². The van der Waals surface area contributed by atoms with Crippen molar-refractivity contribution in [1.82, 2.24) is 0 Å². The molecule has 2 rings (SSSR count). The van der Waals surface area contributed by atoms with Gasteiger partial charge in [-0.1, -0.05) is 12.7 Å². The highest BCUT2D eigenvalue weighted by Crippen LogP contribution is 2.28. The van der Waals surface area contributed by atoms with E-state index >= 15 is 0 Å². The second-order valence-electron chi connectivity index (χ2n) is 6.85. The number of ether oxygens (including phenoxy) is 3. The molecule has 0 heterocycles. The van der Waals surface area contributed by atoms with Crippen LogP contribution >= 0.6 is 0 Å². The maximum absolute atomic E-state index is 12.5. The molecule has 0 bridgehead atoms. The Morgan fingerprint density at radius 2 is 1.61 bits per heavy atom. The fourth-order valence-corrected chi connectivity index (χ4v) is 2.49. The van der Waals surface area contributed by atoms with E-state index in [2.05, 4.69) is 6.58 Å². The molecule has 0 N–H and O–H groups in total. The van der Waals surface area contributed by atoms with Crippen LogP contribution < -0.4 is 14.2 Å². The van der Waals surface area contributed by atoms with E-state index in [0.29, 0.717) is 23.7 Å². The highest BCUT2D eigenvalue weighted by Gasteiger charge is 2.09. The number of rotatable bonds is 10. The summed E-state index contributed by atoms with van der Waals surface area (Å²) < 4.78 is 17.1. The van der Waals surface area contributed by atoms with Crippen LogP contribution in [0.4, 0.5) is 0 Å². The predicted octanol–water partition coefficient (Wildman–Crippen LogP) is 5.72. The maximum atomic E-state index is 12.5. The highest BCUT2D eigenvalue weighted by atomic mass is 16.5. The van der Waals surface area contributed by atoms with Crippen molar-refractivity contribution in [2.45, 2.75) is 39.9 Å².